The Bertz CT molecular complexity index is 592. The number of benzene rings is 1. The van der Waals surface area contributed by atoms with E-state index in [9.17, 15) is 9.59 Å². The topological polar surface area (TPSA) is 54.4 Å². The summed E-state index contributed by atoms with van der Waals surface area (Å²) >= 11 is 0. The number of hydrogen-bond acceptors (Lipinski definition) is 2. The SMILES string of the molecule is CC1(C)C=CC(C)(C)c2cc(C(=O)C(=O)O)ccc21. The summed E-state index contributed by atoms with van der Waals surface area (Å²) in [6.45, 7) is 8.34. The molecule has 100 valence electrons. The quantitative estimate of drug-likeness (QED) is 0.504. The van der Waals surface area contributed by atoms with Crippen molar-refractivity contribution in [2.45, 2.75) is 38.5 Å². The Morgan fingerprint density at radius 3 is 2.00 bits per heavy atom. The second kappa shape index (κ2) is 4.05. The lowest BCUT2D eigenvalue weighted by Crippen LogP contribution is -2.29. The molecular weight excluding hydrogens is 240 g/mol. The zero-order chi connectivity index (χ0) is 14.4. The predicted octanol–water partition coefficient (Wildman–Crippen LogP) is 3.08. The molecule has 3 nitrogen and oxygen atoms in total. The van der Waals surface area contributed by atoms with Gasteiger partial charge in [0.1, 0.15) is 0 Å². The van der Waals surface area contributed by atoms with Gasteiger partial charge in [-0.2, -0.15) is 0 Å². The minimum Gasteiger partial charge on any atom is -0.475 e. The summed E-state index contributed by atoms with van der Waals surface area (Å²) in [7, 11) is 0. The summed E-state index contributed by atoms with van der Waals surface area (Å²) in [5, 5.41) is 8.81. The van der Waals surface area contributed by atoms with Gasteiger partial charge < -0.3 is 5.11 Å². The van der Waals surface area contributed by atoms with Gasteiger partial charge >= 0.3 is 5.97 Å². The third-order valence-corrected chi connectivity index (χ3v) is 3.78. The average Bonchev–Trinajstić information content (AvgIpc) is 2.33. The molecule has 1 aromatic carbocycles. The second-order valence-corrected chi connectivity index (χ2v) is 6.17. The van der Waals surface area contributed by atoms with Crippen molar-refractivity contribution in [3.63, 3.8) is 0 Å². The van der Waals surface area contributed by atoms with E-state index >= 15 is 0 Å². The third-order valence-electron chi connectivity index (χ3n) is 3.78. The van der Waals surface area contributed by atoms with E-state index in [1.807, 2.05) is 6.07 Å². The lowest BCUT2D eigenvalue weighted by molar-refractivity contribution is -0.131. The van der Waals surface area contributed by atoms with Gasteiger partial charge in [0.25, 0.3) is 5.78 Å². The summed E-state index contributed by atoms with van der Waals surface area (Å²) in [5.74, 6) is -2.27. The molecule has 1 aliphatic carbocycles. The molecule has 0 saturated carbocycles. The van der Waals surface area contributed by atoms with Crippen molar-refractivity contribution < 1.29 is 14.7 Å². The van der Waals surface area contributed by atoms with Crippen LogP contribution in [0.1, 0.15) is 49.2 Å². The zero-order valence-corrected chi connectivity index (χ0v) is 11.7. The largest absolute Gasteiger partial charge is 0.475 e. The normalized spacial score (nSPS) is 18.7. The van der Waals surface area contributed by atoms with Crippen LogP contribution in [0.25, 0.3) is 0 Å². The maximum Gasteiger partial charge on any atom is 0.377 e. The summed E-state index contributed by atoms with van der Waals surface area (Å²) in [4.78, 5) is 22.4. The first-order valence-corrected chi connectivity index (χ1v) is 6.28. The number of rotatable bonds is 2. The van der Waals surface area contributed by atoms with Gasteiger partial charge in [-0.1, -0.05) is 52.0 Å². The van der Waals surface area contributed by atoms with E-state index in [0.717, 1.165) is 11.1 Å². The van der Waals surface area contributed by atoms with Crippen LogP contribution in [0.2, 0.25) is 0 Å². The molecule has 0 radical (unpaired) electrons. The van der Waals surface area contributed by atoms with Crippen molar-refractivity contribution in [1.82, 2.24) is 0 Å². The molecule has 0 unspecified atom stereocenters. The Kier molecular flexibility index (Phi) is 2.89. The lowest BCUT2D eigenvalue weighted by atomic mass is 9.67. The summed E-state index contributed by atoms with van der Waals surface area (Å²) in [6, 6.07) is 5.19. The Morgan fingerprint density at radius 1 is 0.947 bits per heavy atom. The highest BCUT2D eigenvalue weighted by Gasteiger charge is 2.33. The first kappa shape index (κ1) is 13.5. The molecule has 0 saturated heterocycles. The molecule has 0 spiro atoms. The fourth-order valence-electron chi connectivity index (χ4n) is 2.50. The van der Waals surface area contributed by atoms with Crippen LogP contribution in [0.5, 0.6) is 0 Å². The highest BCUT2D eigenvalue weighted by molar-refractivity contribution is 6.39. The van der Waals surface area contributed by atoms with Crippen LogP contribution in [0, 0.1) is 0 Å². The van der Waals surface area contributed by atoms with Crippen LogP contribution >= 0.6 is 0 Å². The number of carbonyl (C=O) groups excluding carboxylic acids is 1. The number of ketones is 1. The van der Waals surface area contributed by atoms with E-state index in [1.165, 1.54) is 0 Å². The first-order valence-electron chi connectivity index (χ1n) is 6.28. The predicted molar refractivity (Wildman–Crippen MR) is 73.6 cm³/mol. The maximum atomic E-state index is 11.6. The zero-order valence-electron chi connectivity index (χ0n) is 11.7. The molecule has 2 rings (SSSR count). The molecule has 1 aliphatic rings. The van der Waals surface area contributed by atoms with Gasteiger partial charge in [-0.25, -0.2) is 4.79 Å². The molecule has 1 aromatic rings. The Balaban J connectivity index is 2.63. The fourth-order valence-corrected chi connectivity index (χ4v) is 2.50. The molecule has 0 bridgehead atoms. The lowest BCUT2D eigenvalue weighted by Gasteiger charge is -2.36. The Morgan fingerprint density at radius 2 is 1.47 bits per heavy atom. The summed E-state index contributed by atoms with van der Waals surface area (Å²) < 4.78 is 0. The van der Waals surface area contributed by atoms with Crippen LogP contribution in [-0.4, -0.2) is 16.9 Å². The van der Waals surface area contributed by atoms with Gasteiger partial charge in [0.05, 0.1) is 0 Å². The monoisotopic (exact) mass is 258 g/mol. The number of carbonyl (C=O) groups is 2. The maximum absolute atomic E-state index is 11.6. The molecule has 1 N–H and O–H groups in total. The molecule has 19 heavy (non-hydrogen) atoms. The van der Waals surface area contributed by atoms with Gasteiger partial charge in [-0.3, -0.25) is 4.79 Å². The van der Waals surface area contributed by atoms with Crippen LogP contribution in [-0.2, 0) is 15.6 Å². The standard InChI is InChI=1S/C16H18O3/c1-15(2)7-8-16(3,4)12-9-10(5-6-11(12)15)13(17)14(18)19/h5-9H,1-4H3,(H,18,19). The fraction of sp³-hybridized carbons (Fsp3) is 0.375. The van der Waals surface area contributed by atoms with Crippen molar-refractivity contribution in [2.75, 3.05) is 0 Å². The van der Waals surface area contributed by atoms with Gasteiger partial charge in [-0.05, 0) is 17.2 Å². The Labute approximate surface area is 113 Å². The van der Waals surface area contributed by atoms with E-state index in [-0.39, 0.29) is 16.4 Å². The van der Waals surface area contributed by atoms with Crippen molar-refractivity contribution in [1.29, 1.82) is 0 Å². The number of Topliss-reactive ketones (excluding diaryl/α,β-unsaturated/α-hetero) is 1. The number of carboxylic acids is 1. The van der Waals surface area contributed by atoms with E-state index in [2.05, 4.69) is 39.8 Å². The van der Waals surface area contributed by atoms with Crippen molar-refractivity contribution in [3.8, 4) is 0 Å². The molecule has 0 heterocycles. The molecule has 0 amide bonds. The van der Waals surface area contributed by atoms with E-state index in [1.54, 1.807) is 12.1 Å². The van der Waals surface area contributed by atoms with E-state index in [4.69, 9.17) is 5.11 Å². The average molecular weight is 258 g/mol. The van der Waals surface area contributed by atoms with Crippen LogP contribution < -0.4 is 0 Å². The molecule has 0 aliphatic heterocycles. The number of allylic oxidation sites excluding steroid dienone is 2. The van der Waals surface area contributed by atoms with Crippen LogP contribution in [0.3, 0.4) is 0 Å². The molecular formula is C16H18O3. The number of aliphatic carboxylic acids is 1. The summed E-state index contributed by atoms with van der Waals surface area (Å²) in [6.07, 6.45) is 4.28. The second-order valence-electron chi connectivity index (χ2n) is 6.17. The molecule has 0 atom stereocenters. The first-order chi connectivity index (χ1) is 8.65. The highest BCUT2D eigenvalue weighted by atomic mass is 16.4. The molecule has 3 heteroatoms. The third kappa shape index (κ3) is 2.21. The number of carboxylic acid groups (broad SMARTS) is 1. The highest BCUT2D eigenvalue weighted by Crippen LogP contribution is 2.41. The molecule has 0 aromatic heterocycles. The Hall–Kier alpha value is -1.90. The minimum atomic E-state index is -1.41. The van der Waals surface area contributed by atoms with Crippen molar-refractivity contribution in [3.05, 3.63) is 47.0 Å². The van der Waals surface area contributed by atoms with Crippen molar-refractivity contribution >= 4 is 11.8 Å². The smallest absolute Gasteiger partial charge is 0.377 e. The van der Waals surface area contributed by atoms with Gasteiger partial charge in [0.15, 0.2) is 0 Å². The van der Waals surface area contributed by atoms with Gasteiger partial charge in [0, 0.05) is 16.4 Å². The van der Waals surface area contributed by atoms with Crippen LogP contribution in [0.15, 0.2) is 30.4 Å². The van der Waals surface area contributed by atoms with Gasteiger partial charge in [-0.15, -0.1) is 0 Å². The van der Waals surface area contributed by atoms with E-state index in [0.29, 0.717) is 0 Å². The summed E-state index contributed by atoms with van der Waals surface area (Å²) in [5.41, 5.74) is 2.11. The molecule has 0 fully saturated rings. The van der Waals surface area contributed by atoms with Crippen molar-refractivity contribution in [2.24, 2.45) is 0 Å². The van der Waals surface area contributed by atoms with E-state index < -0.39 is 11.8 Å². The van der Waals surface area contributed by atoms with Gasteiger partial charge in [0.2, 0.25) is 0 Å². The number of hydrogen-bond donors (Lipinski definition) is 1. The minimum absolute atomic E-state index is 0.102. The number of fused-ring (bicyclic) bond motifs is 1. The van der Waals surface area contributed by atoms with Crippen LogP contribution in [0.4, 0.5) is 0 Å².